The first-order valence-electron chi connectivity index (χ1n) is 5.87. The first kappa shape index (κ1) is 14.8. The fourth-order valence-corrected chi connectivity index (χ4v) is 2.62. The summed E-state index contributed by atoms with van der Waals surface area (Å²) in [6.07, 6.45) is 0. The van der Waals surface area contributed by atoms with Gasteiger partial charge in [-0.15, -0.1) is 11.3 Å². The van der Waals surface area contributed by atoms with Gasteiger partial charge in [-0.3, -0.25) is 0 Å². The molecule has 1 N–H and O–H groups in total. The van der Waals surface area contributed by atoms with Crippen LogP contribution in [0.3, 0.4) is 0 Å². The van der Waals surface area contributed by atoms with E-state index >= 15 is 0 Å². The molecule has 0 radical (unpaired) electrons. The highest BCUT2D eigenvalue weighted by molar-refractivity contribution is 9.10. The Hall–Kier alpha value is -1.60. The van der Waals surface area contributed by atoms with E-state index in [0.29, 0.717) is 17.4 Å². The largest absolute Gasteiger partial charge is 0.495 e. The molecule has 0 saturated carbocycles. The van der Waals surface area contributed by atoms with E-state index in [4.69, 9.17) is 9.47 Å². The quantitative estimate of drug-likeness (QED) is 0.824. The number of benzene rings is 1. The number of nitrogens with one attached hydrogen (secondary N) is 1. The summed E-state index contributed by atoms with van der Waals surface area (Å²) in [7, 11) is 1.59. The van der Waals surface area contributed by atoms with E-state index in [1.807, 2.05) is 18.2 Å². The van der Waals surface area contributed by atoms with Crippen LogP contribution in [0.15, 0.2) is 28.2 Å². The van der Waals surface area contributed by atoms with Crippen molar-refractivity contribution in [3.8, 4) is 5.75 Å². The van der Waals surface area contributed by atoms with Gasteiger partial charge in [-0.25, -0.2) is 9.78 Å². The van der Waals surface area contributed by atoms with E-state index in [1.54, 1.807) is 19.5 Å². The molecule has 0 bridgehead atoms. The third kappa shape index (κ3) is 3.29. The Morgan fingerprint density at radius 1 is 1.50 bits per heavy atom. The molecule has 7 heteroatoms. The maximum absolute atomic E-state index is 11.8. The van der Waals surface area contributed by atoms with Crippen molar-refractivity contribution in [2.24, 2.45) is 0 Å². The number of hydrogen-bond acceptors (Lipinski definition) is 6. The number of halogens is 1. The van der Waals surface area contributed by atoms with Crippen LogP contribution in [0.25, 0.3) is 0 Å². The molecule has 0 atom stereocenters. The predicted molar refractivity (Wildman–Crippen MR) is 82.0 cm³/mol. The molecule has 1 aromatic heterocycles. The number of aromatic nitrogens is 1. The van der Waals surface area contributed by atoms with E-state index in [0.717, 1.165) is 10.2 Å². The van der Waals surface area contributed by atoms with Gasteiger partial charge in [-0.1, -0.05) is 15.9 Å². The van der Waals surface area contributed by atoms with Gasteiger partial charge >= 0.3 is 5.97 Å². The Morgan fingerprint density at radius 2 is 2.30 bits per heavy atom. The number of carbonyl (C=O) groups excluding carboxylic acids is 1. The number of rotatable bonds is 5. The second-order valence-electron chi connectivity index (χ2n) is 3.72. The van der Waals surface area contributed by atoms with E-state index in [1.165, 1.54) is 11.3 Å². The summed E-state index contributed by atoms with van der Waals surface area (Å²) >= 11 is 4.73. The minimum absolute atomic E-state index is 0.277. The average Bonchev–Trinajstić information content (AvgIpc) is 2.87. The van der Waals surface area contributed by atoms with Crippen LogP contribution >= 0.6 is 27.3 Å². The van der Waals surface area contributed by atoms with Crippen LogP contribution in [0.5, 0.6) is 5.75 Å². The number of methoxy groups -OCH3 is 1. The summed E-state index contributed by atoms with van der Waals surface area (Å²) in [6.45, 7) is 2.07. The second kappa shape index (κ2) is 6.71. The number of nitrogens with zero attached hydrogens (tertiary/aromatic N) is 1. The summed E-state index contributed by atoms with van der Waals surface area (Å²) in [6, 6.07) is 5.58. The molecule has 0 spiro atoms. The lowest BCUT2D eigenvalue weighted by Gasteiger charge is -2.11. The lowest BCUT2D eigenvalue weighted by Crippen LogP contribution is -2.07. The predicted octanol–water partition coefficient (Wildman–Crippen LogP) is 3.83. The monoisotopic (exact) mass is 356 g/mol. The zero-order valence-electron chi connectivity index (χ0n) is 11.0. The van der Waals surface area contributed by atoms with Gasteiger partial charge < -0.3 is 14.8 Å². The standard InChI is InChI=1S/C13H13BrN2O3S/c1-3-19-13(17)11-12(20-7-15-11)16-9-6-8(14)4-5-10(9)18-2/h4-7,16H,3H2,1-2H3. The van der Waals surface area contributed by atoms with Crippen molar-refractivity contribution in [3.05, 3.63) is 33.9 Å². The van der Waals surface area contributed by atoms with Crippen LogP contribution in [0.4, 0.5) is 10.7 Å². The Kier molecular flexibility index (Phi) is 4.97. The van der Waals surface area contributed by atoms with Gasteiger partial charge in [0.25, 0.3) is 0 Å². The van der Waals surface area contributed by atoms with Crippen molar-refractivity contribution in [2.45, 2.75) is 6.92 Å². The second-order valence-corrected chi connectivity index (χ2v) is 5.49. The van der Waals surface area contributed by atoms with Gasteiger partial charge in [0.2, 0.25) is 0 Å². The van der Waals surface area contributed by atoms with Gasteiger partial charge in [0.15, 0.2) is 5.69 Å². The zero-order chi connectivity index (χ0) is 14.5. The topological polar surface area (TPSA) is 60.5 Å². The number of carbonyl (C=O) groups is 1. The van der Waals surface area contributed by atoms with Crippen molar-refractivity contribution in [1.29, 1.82) is 0 Å². The van der Waals surface area contributed by atoms with E-state index in [-0.39, 0.29) is 5.69 Å². The minimum Gasteiger partial charge on any atom is -0.495 e. The molecular formula is C13H13BrN2O3S. The van der Waals surface area contributed by atoms with Crippen LogP contribution in [0.2, 0.25) is 0 Å². The van der Waals surface area contributed by atoms with Gasteiger partial charge in [-0.05, 0) is 25.1 Å². The van der Waals surface area contributed by atoms with Crippen molar-refractivity contribution < 1.29 is 14.3 Å². The highest BCUT2D eigenvalue weighted by Gasteiger charge is 2.17. The summed E-state index contributed by atoms with van der Waals surface area (Å²) in [5.74, 6) is 0.238. The lowest BCUT2D eigenvalue weighted by atomic mass is 10.3. The molecule has 0 aliphatic carbocycles. The molecule has 0 fully saturated rings. The maximum Gasteiger partial charge on any atom is 0.360 e. The average molecular weight is 357 g/mol. The summed E-state index contributed by atoms with van der Waals surface area (Å²) in [5.41, 5.74) is 2.62. The molecule has 1 aromatic carbocycles. The number of anilines is 2. The molecule has 0 aliphatic heterocycles. The number of thiazole rings is 1. The van der Waals surface area contributed by atoms with Crippen molar-refractivity contribution in [1.82, 2.24) is 4.98 Å². The van der Waals surface area contributed by atoms with Crippen molar-refractivity contribution in [3.63, 3.8) is 0 Å². The molecule has 2 rings (SSSR count). The summed E-state index contributed by atoms with van der Waals surface area (Å²) in [4.78, 5) is 15.8. The number of hydrogen-bond donors (Lipinski definition) is 1. The Balaban J connectivity index is 2.29. The smallest absolute Gasteiger partial charge is 0.360 e. The Morgan fingerprint density at radius 3 is 3.00 bits per heavy atom. The van der Waals surface area contributed by atoms with Crippen LogP contribution in [0.1, 0.15) is 17.4 Å². The third-order valence-corrected chi connectivity index (χ3v) is 3.68. The highest BCUT2D eigenvalue weighted by Crippen LogP contribution is 2.33. The SMILES string of the molecule is CCOC(=O)c1ncsc1Nc1cc(Br)ccc1OC. The molecule has 0 unspecified atom stereocenters. The molecule has 0 aliphatic rings. The van der Waals surface area contributed by atoms with E-state index < -0.39 is 5.97 Å². The molecule has 2 aromatic rings. The number of esters is 1. The lowest BCUT2D eigenvalue weighted by molar-refractivity contribution is 0.0521. The first-order chi connectivity index (χ1) is 9.65. The van der Waals surface area contributed by atoms with Crippen molar-refractivity contribution in [2.75, 3.05) is 19.0 Å². The van der Waals surface area contributed by atoms with Crippen molar-refractivity contribution >= 4 is 43.9 Å². The van der Waals surface area contributed by atoms with Crippen LogP contribution in [-0.4, -0.2) is 24.7 Å². The van der Waals surface area contributed by atoms with Crippen LogP contribution < -0.4 is 10.1 Å². The highest BCUT2D eigenvalue weighted by atomic mass is 79.9. The van der Waals surface area contributed by atoms with E-state index in [2.05, 4.69) is 26.2 Å². The Labute approximate surface area is 129 Å². The Bertz CT molecular complexity index is 615. The number of ether oxygens (including phenoxy) is 2. The fraction of sp³-hybridized carbons (Fsp3) is 0.231. The van der Waals surface area contributed by atoms with Gasteiger partial charge in [0.05, 0.1) is 24.9 Å². The third-order valence-electron chi connectivity index (χ3n) is 2.45. The summed E-state index contributed by atoms with van der Waals surface area (Å²) in [5, 5.41) is 3.78. The van der Waals surface area contributed by atoms with Crippen LogP contribution in [-0.2, 0) is 4.74 Å². The minimum atomic E-state index is -0.440. The van der Waals surface area contributed by atoms with Gasteiger partial charge in [0.1, 0.15) is 10.8 Å². The maximum atomic E-state index is 11.8. The molecular weight excluding hydrogens is 344 g/mol. The van der Waals surface area contributed by atoms with E-state index in [9.17, 15) is 4.79 Å². The fourth-order valence-electron chi connectivity index (χ4n) is 1.58. The molecule has 1 heterocycles. The normalized spacial score (nSPS) is 10.2. The first-order valence-corrected chi connectivity index (χ1v) is 7.54. The molecule has 20 heavy (non-hydrogen) atoms. The van der Waals surface area contributed by atoms with Crippen LogP contribution in [0, 0.1) is 0 Å². The van der Waals surface area contributed by atoms with Gasteiger partial charge in [0, 0.05) is 4.47 Å². The van der Waals surface area contributed by atoms with Gasteiger partial charge in [-0.2, -0.15) is 0 Å². The summed E-state index contributed by atoms with van der Waals surface area (Å²) < 4.78 is 11.2. The molecule has 0 amide bonds. The molecule has 0 saturated heterocycles. The molecule has 106 valence electrons. The molecule has 5 nitrogen and oxygen atoms in total. The zero-order valence-corrected chi connectivity index (χ0v) is 13.4.